The molecule has 0 saturated carbocycles. The zero-order valence-electron chi connectivity index (χ0n) is 40.8. The number of pyridine rings is 2. The maximum atomic E-state index is 14.8. The first-order valence-electron chi connectivity index (χ1n) is 24.9. The van der Waals surface area contributed by atoms with Crippen molar-refractivity contribution in [3.63, 3.8) is 0 Å². The third-order valence-electron chi connectivity index (χ3n) is 14.7. The second-order valence-electron chi connectivity index (χ2n) is 19.4. The number of halogens is 2. The zero-order chi connectivity index (χ0) is 50.2. The first kappa shape index (κ1) is 47.3. The molecule has 6 aromatic heterocycles. The Morgan fingerprint density at radius 2 is 1.15 bits per heavy atom. The van der Waals surface area contributed by atoms with Crippen molar-refractivity contribution in [2.45, 2.75) is 38.8 Å². The molecule has 10 aromatic rings. The van der Waals surface area contributed by atoms with Crippen LogP contribution in [0.25, 0.3) is 98.1 Å². The van der Waals surface area contributed by atoms with E-state index in [1.807, 2.05) is 84.6 Å². The molecule has 2 aliphatic heterocycles. The Hall–Kier alpha value is -8.08. The number of aromatic nitrogens is 8. The van der Waals surface area contributed by atoms with Gasteiger partial charge in [0.2, 0.25) is 11.4 Å². The van der Waals surface area contributed by atoms with E-state index in [1.165, 1.54) is 25.0 Å². The van der Waals surface area contributed by atoms with E-state index < -0.39 is 11.6 Å². The van der Waals surface area contributed by atoms with Crippen LogP contribution in [0.1, 0.15) is 25.7 Å². The zero-order valence-corrected chi connectivity index (χ0v) is 40.8. The van der Waals surface area contributed by atoms with Gasteiger partial charge < -0.3 is 24.5 Å². The van der Waals surface area contributed by atoms with E-state index in [0.29, 0.717) is 29.5 Å². The number of aryl methyl sites for hydroxylation is 2. The number of nitrogens with zero attached hydrogens (tertiary/aromatic N) is 11. The predicted molar refractivity (Wildman–Crippen MR) is 284 cm³/mol. The number of aliphatic hydroxyl groups is 1. The third kappa shape index (κ3) is 9.23. The van der Waals surface area contributed by atoms with Gasteiger partial charge in [-0.25, -0.2) is 18.5 Å². The number of aliphatic hydroxyl groups excluding tert-OH is 1. The summed E-state index contributed by atoms with van der Waals surface area (Å²) in [4.78, 5) is 18.8. The third-order valence-corrected chi connectivity index (χ3v) is 14.7. The number of nitrogens with one attached hydrogen (secondary N) is 1. The van der Waals surface area contributed by atoms with Crippen LogP contribution in [0.4, 0.5) is 20.2 Å². The molecule has 0 unspecified atom stereocenters. The molecule has 2 saturated heterocycles. The first-order valence-corrected chi connectivity index (χ1v) is 24.9. The summed E-state index contributed by atoms with van der Waals surface area (Å²) in [6.45, 7) is 21.3. The van der Waals surface area contributed by atoms with Gasteiger partial charge in [-0.1, -0.05) is 36.4 Å². The minimum Gasteiger partial charge on any atom is -0.395 e. The SMILES string of the molecule is [C-]#[N+]c1ccc(-c2c(-c3ccc4c(cnn4C)c3)ncc3c2ccn3C[C@@H]2CCCN(CCO)C2)cc1F.[C-]#[N+]c1ccc(-c2c(-c3ccc4c(cnn4C)c3)ncc3c2ccn3C[C@@H]2CCCNC2)cc1F. The van der Waals surface area contributed by atoms with Gasteiger partial charge in [0.1, 0.15) is 11.6 Å². The van der Waals surface area contributed by atoms with Crippen molar-refractivity contribution in [3.05, 3.63) is 157 Å². The Morgan fingerprint density at radius 1 is 0.630 bits per heavy atom. The molecule has 8 heterocycles. The molecule has 2 fully saturated rings. The first-order chi connectivity index (χ1) is 35.7. The van der Waals surface area contributed by atoms with Gasteiger partial charge in [-0.2, -0.15) is 10.2 Å². The summed E-state index contributed by atoms with van der Waals surface area (Å²) in [5.41, 5.74) is 10.7. The molecule has 4 aromatic carbocycles. The standard InChI is InChI=1S/C30H29FN6O.C28H25FN6/c1-32-26-7-5-21(15-25(26)31)29-24-9-11-37(19-20-4-3-10-36(18-20)12-13-38)28(24)17-33-30(29)22-6-8-27-23(14-22)16-34-35(27)2;1-30-24-7-5-19(13-23(24)29)27-22-9-11-35(17-18-4-3-10-31-14-18)26(22)16-32-28(27)20-6-8-25-21(12-20)15-33-34(25)2/h5-9,11,14-17,20,38H,3-4,10,12-13,18-19H2,2H3;5-9,11-13,15-16,18,31H,3-4,10,14,17H2,2H3/t20-;18-/m11/s1. The van der Waals surface area contributed by atoms with Gasteiger partial charge in [0.05, 0.1) is 78.0 Å². The van der Waals surface area contributed by atoms with Crippen molar-refractivity contribution >= 4 is 55.0 Å². The number of benzene rings is 4. The van der Waals surface area contributed by atoms with E-state index in [1.54, 1.807) is 12.1 Å². The molecule has 0 bridgehead atoms. The van der Waals surface area contributed by atoms with E-state index in [2.05, 4.69) is 75.9 Å². The molecular formula is C58H54F2N12O. The average Bonchev–Trinajstić information content (AvgIpc) is 4.21. The van der Waals surface area contributed by atoms with Gasteiger partial charge in [0, 0.05) is 96.5 Å². The minimum absolute atomic E-state index is 0.00881. The van der Waals surface area contributed by atoms with Crippen LogP contribution in [0.15, 0.2) is 122 Å². The molecule has 2 aliphatic rings. The van der Waals surface area contributed by atoms with E-state index in [-0.39, 0.29) is 18.0 Å². The fourth-order valence-electron chi connectivity index (χ4n) is 11.1. The summed E-state index contributed by atoms with van der Waals surface area (Å²) < 4.78 is 37.8. The maximum absolute atomic E-state index is 14.8. The van der Waals surface area contributed by atoms with Crippen LogP contribution in [-0.2, 0) is 27.2 Å². The number of rotatable bonds is 10. The fourth-order valence-corrected chi connectivity index (χ4v) is 11.1. The molecule has 13 nitrogen and oxygen atoms in total. The van der Waals surface area contributed by atoms with Crippen LogP contribution in [-0.4, -0.2) is 88.0 Å². The van der Waals surface area contributed by atoms with Gasteiger partial charge in [0.15, 0.2) is 0 Å². The Bertz CT molecular complexity index is 3770. The predicted octanol–water partition coefficient (Wildman–Crippen LogP) is 11.6. The van der Waals surface area contributed by atoms with E-state index in [9.17, 15) is 13.9 Å². The highest BCUT2D eigenvalue weighted by atomic mass is 19.1. The summed E-state index contributed by atoms with van der Waals surface area (Å²) in [5.74, 6) is 0.00733. The van der Waals surface area contributed by atoms with Crippen molar-refractivity contribution in [2.75, 3.05) is 39.3 Å². The number of β-amino-alcohol motifs (C(OH)–C–C–N with tert-alkyl or cyclic N) is 1. The second kappa shape index (κ2) is 20.2. The Morgan fingerprint density at radius 3 is 1.64 bits per heavy atom. The molecule has 73 heavy (non-hydrogen) atoms. The quantitative estimate of drug-likeness (QED) is 0.131. The van der Waals surface area contributed by atoms with E-state index in [4.69, 9.17) is 23.1 Å². The van der Waals surface area contributed by atoms with Gasteiger partial charge in [-0.3, -0.25) is 19.3 Å². The monoisotopic (exact) mass is 972 g/mol. The molecule has 2 atom stereocenters. The highest BCUT2D eigenvalue weighted by Gasteiger charge is 2.24. The lowest BCUT2D eigenvalue weighted by molar-refractivity contribution is 0.133. The smallest absolute Gasteiger partial charge is 0.222 e. The molecule has 0 radical (unpaired) electrons. The summed E-state index contributed by atoms with van der Waals surface area (Å²) in [7, 11) is 3.83. The molecule has 0 amide bonds. The maximum Gasteiger partial charge on any atom is 0.222 e. The second-order valence-corrected chi connectivity index (χ2v) is 19.4. The van der Waals surface area contributed by atoms with Crippen LogP contribution >= 0.6 is 0 Å². The summed E-state index contributed by atoms with van der Waals surface area (Å²) in [6, 6.07) is 26.1. The van der Waals surface area contributed by atoms with Gasteiger partial charge in [-0.05, 0) is 117 Å². The number of hydrogen-bond donors (Lipinski definition) is 2. The molecule has 0 spiro atoms. The molecule has 12 rings (SSSR count). The highest BCUT2D eigenvalue weighted by Crippen LogP contribution is 2.41. The van der Waals surface area contributed by atoms with Gasteiger partial charge in [0.25, 0.3) is 0 Å². The molecule has 2 N–H and O–H groups in total. The Labute approximate surface area is 421 Å². The summed E-state index contributed by atoms with van der Waals surface area (Å²) in [6.07, 6.45) is 16.4. The van der Waals surface area contributed by atoms with E-state index >= 15 is 0 Å². The molecule has 366 valence electrons. The average molecular weight is 973 g/mol. The van der Waals surface area contributed by atoms with Gasteiger partial charge >= 0.3 is 0 Å². The number of piperidine rings is 2. The largest absolute Gasteiger partial charge is 0.395 e. The van der Waals surface area contributed by atoms with E-state index in [0.717, 1.165) is 129 Å². The lowest BCUT2D eigenvalue weighted by atomic mass is 9.95. The van der Waals surface area contributed by atoms with Crippen LogP contribution in [0, 0.1) is 36.6 Å². The molecular weight excluding hydrogens is 919 g/mol. The van der Waals surface area contributed by atoms with Crippen molar-refractivity contribution in [3.8, 4) is 44.8 Å². The number of hydrogen-bond acceptors (Lipinski definition) is 7. The Kier molecular flexibility index (Phi) is 13.1. The summed E-state index contributed by atoms with van der Waals surface area (Å²) >= 11 is 0. The fraction of sp³-hybridized carbons (Fsp3) is 0.276. The van der Waals surface area contributed by atoms with Crippen molar-refractivity contribution in [2.24, 2.45) is 25.9 Å². The summed E-state index contributed by atoms with van der Waals surface area (Å²) in [5, 5.41) is 25.7. The number of fused-ring (bicyclic) bond motifs is 4. The lowest BCUT2D eigenvalue weighted by Crippen LogP contribution is -2.38. The van der Waals surface area contributed by atoms with Crippen LogP contribution < -0.4 is 5.32 Å². The normalized spacial score (nSPS) is 16.2. The number of likely N-dealkylation sites (tertiary alicyclic amines) is 1. The Balaban J connectivity index is 0.000000158. The van der Waals surface area contributed by atoms with Crippen LogP contribution in [0.2, 0.25) is 0 Å². The van der Waals surface area contributed by atoms with Crippen molar-refractivity contribution in [1.82, 2.24) is 48.9 Å². The molecule has 15 heteroatoms. The minimum atomic E-state index is -0.534. The lowest BCUT2D eigenvalue weighted by Gasteiger charge is -2.32. The van der Waals surface area contributed by atoms with Crippen LogP contribution in [0.5, 0.6) is 0 Å². The highest BCUT2D eigenvalue weighted by molar-refractivity contribution is 6.04. The topological polar surface area (TPSA) is 116 Å². The van der Waals surface area contributed by atoms with Crippen molar-refractivity contribution < 1.29 is 13.9 Å². The van der Waals surface area contributed by atoms with Crippen molar-refractivity contribution in [1.29, 1.82) is 0 Å². The van der Waals surface area contributed by atoms with Crippen LogP contribution in [0.3, 0.4) is 0 Å². The van der Waals surface area contributed by atoms with Gasteiger partial charge in [-0.15, -0.1) is 0 Å². The molecule has 0 aliphatic carbocycles.